The van der Waals surface area contributed by atoms with Crippen LogP contribution < -0.4 is 11.1 Å². The second-order valence-corrected chi connectivity index (χ2v) is 4.13. The Morgan fingerprint density at radius 3 is 2.50 bits per heavy atom. The number of rotatable bonds is 4. The van der Waals surface area contributed by atoms with Crippen molar-refractivity contribution in [3.63, 3.8) is 0 Å². The van der Waals surface area contributed by atoms with Gasteiger partial charge in [-0.15, -0.1) is 0 Å². The van der Waals surface area contributed by atoms with Crippen LogP contribution in [0.4, 0.5) is 0 Å². The monoisotopic (exact) mass is 230 g/mol. The standard InChI is InChI=1S/C10H18N2O4/c1-7(6-11)8(13)12-10(9(14)15)2-4-16-5-3-10/h7H,2-6,11H2,1H3,(H,12,13)(H,14,15). The lowest BCUT2D eigenvalue weighted by Crippen LogP contribution is -2.58. The number of hydrogen-bond acceptors (Lipinski definition) is 4. The molecular formula is C10H18N2O4. The van der Waals surface area contributed by atoms with E-state index in [9.17, 15) is 14.7 Å². The van der Waals surface area contributed by atoms with Gasteiger partial charge in [0, 0.05) is 38.5 Å². The van der Waals surface area contributed by atoms with Gasteiger partial charge in [0.25, 0.3) is 0 Å². The fraction of sp³-hybridized carbons (Fsp3) is 0.800. The molecule has 0 aromatic carbocycles. The van der Waals surface area contributed by atoms with Crippen LogP contribution in [0.5, 0.6) is 0 Å². The molecule has 6 heteroatoms. The molecule has 1 unspecified atom stereocenters. The highest BCUT2D eigenvalue weighted by atomic mass is 16.5. The van der Waals surface area contributed by atoms with Crippen molar-refractivity contribution >= 4 is 11.9 Å². The first-order valence-electron chi connectivity index (χ1n) is 5.35. The molecule has 1 saturated heterocycles. The first-order chi connectivity index (χ1) is 7.52. The minimum atomic E-state index is -1.18. The summed E-state index contributed by atoms with van der Waals surface area (Å²) in [6.45, 7) is 2.58. The van der Waals surface area contributed by atoms with Gasteiger partial charge >= 0.3 is 5.97 Å². The van der Waals surface area contributed by atoms with Crippen molar-refractivity contribution in [1.29, 1.82) is 0 Å². The Morgan fingerprint density at radius 1 is 1.50 bits per heavy atom. The molecule has 4 N–H and O–H groups in total. The van der Waals surface area contributed by atoms with Crippen LogP contribution in [0.2, 0.25) is 0 Å². The number of nitrogens with one attached hydrogen (secondary N) is 1. The zero-order valence-electron chi connectivity index (χ0n) is 9.36. The lowest BCUT2D eigenvalue weighted by atomic mass is 9.89. The van der Waals surface area contributed by atoms with Crippen LogP contribution in [0.25, 0.3) is 0 Å². The summed E-state index contributed by atoms with van der Waals surface area (Å²) in [7, 11) is 0. The van der Waals surface area contributed by atoms with Gasteiger partial charge in [0.2, 0.25) is 5.91 Å². The normalized spacial score (nSPS) is 21.1. The average Bonchev–Trinajstić information content (AvgIpc) is 2.28. The molecule has 6 nitrogen and oxygen atoms in total. The van der Waals surface area contributed by atoms with Gasteiger partial charge in [0.15, 0.2) is 0 Å². The van der Waals surface area contributed by atoms with E-state index in [0.29, 0.717) is 26.1 Å². The molecule has 1 rings (SSSR count). The van der Waals surface area contributed by atoms with Crippen LogP contribution in [0.1, 0.15) is 19.8 Å². The van der Waals surface area contributed by atoms with Gasteiger partial charge in [-0.1, -0.05) is 6.92 Å². The Bertz CT molecular complexity index is 274. The summed E-state index contributed by atoms with van der Waals surface area (Å²) >= 11 is 0. The molecule has 1 heterocycles. The van der Waals surface area contributed by atoms with Crippen molar-refractivity contribution in [3.05, 3.63) is 0 Å². The highest BCUT2D eigenvalue weighted by Gasteiger charge is 2.42. The van der Waals surface area contributed by atoms with E-state index in [-0.39, 0.29) is 18.4 Å². The number of amides is 1. The van der Waals surface area contributed by atoms with Crippen LogP contribution in [0.3, 0.4) is 0 Å². The number of aliphatic carboxylic acids is 1. The van der Waals surface area contributed by atoms with Crippen molar-refractivity contribution in [2.45, 2.75) is 25.3 Å². The number of carboxylic acids is 1. The molecule has 1 amide bonds. The molecule has 0 bridgehead atoms. The van der Waals surface area contributed by atoms with Gasteiger partial charge in [-0.25, -0.2) is 4.79 Å². The Kier molecular flexibility index (Phi) is 4.26. The number of hydrogen-bond donors (Lipinski definition) is 3. The molecule has 0 saturated carbocycles. The molecule has 1 aliphatic heterocycles. The Balaban J connectivity index is 2.71. The van der Waals surface area contributed by atoms with E-state index in [4.69, 9.17) is 10.5 Å². The fourth-order valence-electron chi connectivity index (χ4n) is 1.58. The van der Waals surface area contributed by atoms with E-state index in [2.05, 4.69) is 5.32 Å². The van der Waals surface area contributed by atoms with Crippen LogP contribution in [0.15, 0.2) is 0 Å². The summed E-state index contributed by atoms with van der Waals surface area (Å²) in [5, 5.41) is 11.8. The fourth-order valence-corrected chi connectivity index (χ4v) is 1.58. The SMILES string of the molecule is CC(CN)C(=O)NC1(C(=O)O)CCOCC1. The molecule has 1 aliphatic rings. The molecule has 0 aromatic rings. The zero-order valence-corrected chi connectivity index (χ0v) is 9.36. The highest BCUT2D eigenvalue weighted by molar-refractivity contribution is 5.88. The third kappa shape index (κ3) is 2.70. The number of carbonyl (C=O) groups is 2. The van der Waals surface area contributed by atoms with Gasteiger partial charge in [-0.2, -0.15) is 0 Å². The zero-order chi connectivity index (χ0) is 12.2. The summed E-state index contributed by atoms with van der Waals surface area (Å²) in [5.41, 5.74) is 4.18. The first kappa shape index (κ1) is 12.9. The van der Waals surface area contributed by atoms with Crippen molar-refractivity contribution in [3.8, 4) is 0 Å². The van der Waals surface area contributed by atoms with E-state index in [1.54, 1.807) is 6.92 Å². The van der Waals surface area contributed by atoms with Crippen LogP contribution >= 0.6 is 0 Å². The molecule has 1 atom stereocenters. The number of carbonyl (C=O) groups excluding carboxylic acids is 1. The van der Waals surface area contributed by atoms with E-state index < -0.39 is 11.5 Å². The topological polar surface area (TPSA) is 102 Å². The Labute approximate surface area is 94.1 Å². The third-order valence-corrected chi connectivity index (χ3v) is 2.92. The maximum absolute atomic E-state index is 11.7. The van der Waals surface area contributed by atoms with Gasteiger partial charge in [0.05, 0.1) is 0 Å². The summed E-state index contributed by atoms with van der Waals surface area (Å²) in [6.07, 6.45) is 0.594. The lowest BCUT2D eigenvalue weighted by molar-refractivity contribution is -0.152. The van der Waals surface area contributed by atoms with Crippen molar-refractivity contribution in [2.24, 2.45) is 11.7 Å². The Morgan fingerprint density at radius 2 is 2.06 bits per heavy atom. The molecule has 0 radical (unpaired) electrons. The molecular weight excluding hydrogens is 212 g/mol. The second-order valence-electron chi connectivity index (χ2n) is 4.13. The molecule has 16 heavy (non-hydrogen) atoms. The maximum Gasteiger partial charge on any atom is 0.329 e. The largest absolute Gasteiger partial charge is 0.480 e. The molecule has 92 valence electrons. The second kappa shape index (κ2) is 5.27. The molecule has 0 spiro atoms. The smallest absolute Gasteiger partial charge is 0.329 e. The van der Waals surface area contributed by atoms with Crippen LogP contribution in [0, 0.1) is 5.92 Å². The average molecular weight is 230 g/mol. The number of carboxylic acid groups (broad SMARTS) is 1. The third-order valence-electron chi connectivity index (χ3n) is 2.92. The summed E-state index contributed by atoms with van der Waals surface area (Å²) < 4.78 is 5.10. The molecule has 0 aliphatic carbocycles. The predicted molar refractivity (Wildman–Crippen MR) is 56.8 cm³/mol. The van der Waals surface area contributed by atoms with Crippen molar-refractivity contribution in [1.82, 2.24) is 5.32 Å². The van der Waals surface area contributed by atoms with Crippen molar-refractivity contribution < 1.29 is 19.4 Å². The van der Waals surface area contributed by atoms with Gasteiger partial charge in [-0.3, -0.25) is 4.79 Å². The van der Waals surface area contributed by atoms with Crippen LogP contribution in [-0.2, 0) is 14.3 Å². The quantitative estimate of drug-likeness (QED) is 0.594. The summed E-state index contributed by atoms with van der Waals surface area (Å²) in [5.74, 6) is -1.70. The lowest BCUT2D eigenvalue weighted by Gasteiger charge is -2.34. The summed E-state index contributed by atoms with van der Waals surface area (Å²) in [6, 6.07) is 0. The minimum Gasteiger partial charge on any atom is -0.480 e. The Hall–Kier alpha value is -1.14. The van der Waals surface area contributed by atoms with E-state index >= 15 is 0 Å². The minimum absolute atomic E-state index is 0.206. The molecule has 0 aromatic heterocycles. The predicted octanol–water partition coefficient (Wildman–Crippen LogP) is -0.669. The molecule has 1 fully saturated rings. The number of nitrogens with two attached hydrogens (primary N) is 1. The first-order valence-corrected chi connectivity index (χ1v) is 5.35. The van der Waals surface area contributed by atoms with E-state index in [1.165, 1.54) is 0 Å². The maximum atomic E-state index is 11.7. The summed E-state index contributed by atoms with van der Waals surface area (Å²) in [4.78, 5) is 22.9. The van der Waals surface area contributed by atoms with Gasteiger partial charge in [0.1, 0.15) is 5.54 Å². The van der Waals surface area contributed by atoms with Crippen molar-refractivity contribution in [2.75, 3.05) is 19.8 Å². The van der Waals surface area contributed by atoms with Gasteiger partial charge < -0.3 is 20.9 Å². The van der Waals surface area contributed by atoms with E-state index in [0.717, 1.165) is 0 Å². The highest BCUT2D eigenvalue weighted by Crippen LogP contribution is 2.21. The van der Waals surface area contributed by atoms with Crippen LogP contribution in [-0.4, -0.2) is 42.3 Å². The van der Waals surface area contributed by atoms with Gasteiger partial charge in [-0.05, 0) is 0 Å². The van der Waals surface area contributed by atoms with E-state index in [1.807, 2.05) is 0 Å². The number of ether oxygens (including phenoxy) is 1.